The molecular weight excluding hydrogens is 304 g/mol. The maximum atomic E-state index is 5.44. The SMILES string of the molecule is Cc1nc(C)c(C(C)Nc2nc(NN)nc3sccc23)s1. The van der Waals surface area contributed by atoms with Crippen LogP contribution in [0.1, 0.15) is 28.5 Å². The number of thiazole rings is 1. The Bertz CT molecular complexity index is 778. The summed E-state index contributed by atoms with van der Waals surface area (Å²) in [6, 6.07) is 2.14. The van der Waals surface area contributed by atoms with Crippen LogP contribution in [0.25, 0.3) is 10.2 Å². The third kappa shape index (κ3) is 2.69. The summed E-state index contributed by atoms with van der Waals surface area (Å²) in [5, 5.41) is 7.52. The van der Waals surface area contributed by atoms with Gasteiger partial charge in [-0.05, 0) is 32.2 Å². The lowest BCUT2D eigenvalue weighted by atomic mass is 10.2. The van der Waals surface area contributed by atoms with E-state index in [1.165, 1.54) is 4.88 Å². The number of hydrazine groups is 1. The Balaban J connectivity index is 1.97. The van der Waals surface area contributed by atoms with Crippen LogP contribution in [0.2, 0.25) is 0 Å². The number of nitrogens with zero attached hydrogens (tertiary/aromatic N) is 3. The second-order valence-corrected chi connectivity index (χ2v) is 6.86. The molecule has 3 aromatic heterocycles. The average Bonchev–Trinajstić information content (AvgIpc) is 3.04. The molecule has 0 saturated heterocycles. The van der Waals surface area contributed by atoms with Crippen LogP contribution in [0, 0.1) is 13.8 Å². The van der Waals surface area contributed by atoms with Crippen LogP contribution in [0.3, 0.4) is 0 Å². The predicted octanol–water partition coefficient (Wildman–Crippen LogP) is 3.22. The minimum absolute atomic E-state index is 0.125. The van der Waals surface area contributed by atoms with Crippen molar-refractivity contribution in [2.24, 2.45) is 5.84 Å². The van der Waals surface area contributed by atoms with E-state index in [0.717, 1.165) is 26.7 Å². The number of thiophene rings is 1. The molecule has 21 heavy (non-hydrogen) atoms. The summed E-state index contributed by atoms with van der Waals surface area (Å²) in [4.78, 5) is 15.4. The summed E-state index contributed by atoms with van der Waals surface area (Å²) in [5.41, 5.74) is 3.57. The minimum atomic E-state index is 0.125. The van der Waals surface area contributed by atoms with Crippen molar-refractivity contribution in [3.63, 3.8) is 0 Å². The summed E-state index contributed by atoms with van der Waals surface area (Å²) < 4.78 is 0. The average molecular weight is 320 g/mol. The molecule has 6 nitrogen and oxygen atoms in total. The molecule has 3 rings (SSSR count). The fourth-order valence-corrected chi connectivity index (χ4v) is 3.94. The number of hydrogen-bond acceptors (Lipinski definition) is 8. The first-order valence-corrected chi connectivity index (χ1v) is 8.20. The van der Waals surface area contributed by atoms with E-state index in [9.17, 15) is 0 Å². The highest BCUT2D eigenvalue weighted by Crippen LogP contribution is 2.31. The zero-order valence-corrected chi connectivity index (χ0v) is 13.6. The lowest BCUT2D eigenvalue weighted by molar-refractivity contribution is 0.881. The quantitative estimate of drug-likeness (QED) is 0.505. The second-order valence-electron chi connectivity index (χ2n) is 4.73. The first-order valence-electron chi connectivity index (χ1n) is 6.51. The van der Waals surface area contributed by atoms with Gasteiger partial charge in [0.25, 0.3) is 0 Å². The van der Waals surface area contributed by atoms with E-state index >= 15 is 0 Å². The topological polar surface area (TPSA) is 88.8 Å². The van der Waals surface area contributed by atoms with Crippen molar-refractivity contribution in [1.29, 1.82) is 0 Å². The highest BCUT2D eigenvalue weighted by Gasteiger charge is 2.16. The van der Waals surface area contributed by atoms with E-state index in [1.54, 1.807) is 22.7 Å². The van der Waals surface area contributed by atoms with Crippen LogP contribution >= 0.6 is 22.7 Å². The molecule has 0 fully saturated rings. The highest BCUT2D eigenvalue weighted by atomic mass is 32.1. The number of aromatic nitrogens is 3. The van der Waals surface area contributed by atoms with Crippen molar-refractivity contribution in [1.82, 2.24) is 15.0 Å². The van der Waals surface area contributed by atoms with Gasteiger partial charge >= 0.3 is 0 Å². The molecule has 1 unspecified atom stereocenters. The molecule has 3 heterocycles. The summed E-state index contributed by atoms with van der Waals surface area (Å²) in [6.07, 6.45) is 0. The lowest BCUT2D eigenvalue weighted by Gasteiger charge is -2.15. The van der Waals surface area contributed by atoms with Crippen molar-refractivity contribution >= 4 is 44.7 Å². The van der Waals surface area contributed by atoms with E-state index in [2.05, 4.69) is 32.6 Å². The highest BCUT2D eigenvalue weighted by molar-refractivity contribution is 7.16. The molecule has 0 aliphatic carbocycles. The van der Waals surface area contributed by atoms with E-state index in [1.807, 2.05) is 25.3 Å². The van der Waals surface area contributed by atoms with Gasteiger partial charge in [-0.1, -0.05) is 0 Å². The predicted molar refractivity (Wildman–Crippen MR) is 88.9 cm³/mol. The van der Waals surface area contributed by atoms with Crippen molar-refractivity contribution in [2.75, 3.05) is 10.7 Å². The monoisotopic (exact) mass is 320 g/mol. The number of nitrogens with two attached hydrogens (primary N) is 1. The molecule has 0 spiro atoms. The van der Waals surface area contributed by atoms with Crippen LogP contribution < -0.4 is 16.6 Å². The van der Waals surface area contributed by atoms with Crippen LogP contribution in [-0.2, 0) is 0 Å². The molecule has 0 aromatic carbocycles. The molecule has 110 valence electrons. The Labute approximate surface area is 130 Å². The summed E-state index contributed by atoms with van der Waals surface area (Å²) in [6.45, 7) is 6.16. The first-order chi connectivity index (χ1) is 10.1. The zero-order chi connectivity index (χ0) is 15.0. The van der Waals surface area contributed by atoms with Gasteiger partial charge in [0, 0.05) is 4.88 Å². The third-order valence-electron chi connectivity index (χ3n) is 3.14. The molecule has 0 aliphatic rings. The number of aryl methyl sites for hydroxylation is 2. The summed E-state index contributed by atoms with van der Waals surface area (Å²) in [5.74, 6) is 6.64. The summed E-state index contributed by atoms with van der Waals surface area (Å²) in [7, 11) is 0. The molecule has 1 atom stereocenters. The van der Waals surface area contributed by atoms with E-state index in [4.69, 9.17) is 5.84 Å². The van der Waals surface area contributed by atoms with Crippen molar-refractivity contribution in [2.45, 2.75) is 26.8 Å². The number of nitrogens with one attached hydrogen (secondary N) is 2. The van der Waals surface area contributed by atoms with Crippen LogP contribution in [-0.4, -0.2) is 15.0 Å². The molecular formula is C13H16N6S2. The lowest BCUT2D eigenvalue weighted by Crippen LogP contribution is -2.13. The fraction of sp³-hybridized carbons (Fsp3) is 0.308. The van der Waals surface area contributed by atoms with Gasteiger partial charge in [0.05, 0.1) is 22.1 Å². The van der Waals surface area contributed by atoms with E-state index in [0.29, 0.717) is 5.95 Å². The van der Waals surface area contributed by atoms with E-state index < -0.39 is 0 Å². The van der Waals surface area contributed by atoms with Gasteiger partial charge in [-0.3, -0.25) is 5.43 Å². The number of fused-ring (bicyclic) bond motifs is 1. The number of hydrogen-bond donors (Lipinski definition) is 3. The Morgan fingerprint density at radius 1 is 1.24 bits per heavy atom. The smallest absolute Gasteiger partial charge is 0.240 e. The standard InChI is InChI=1S/C13H16N6S2/c1-6-10(21-8(3)15-6)7(2)16-11-9-4-5-20-12(9)18-13(17-11)19-14/h4-5,7H,14H2,1-3H3,(H2,16,17,18,19). The molecule has 0 aliphatic heterocycles. The number of nitrogen functional groups attached to an aromatic ring is 1. The molecule has 3 aromatic rings. The molecule has 0 radical (unpaired) electrons. The van der Waals surface area contributed by atoms with Gasteiger partial charge < -0.3 is 5.32 Å². The van der Waals surface area contributed by atoms with Crippen LogP contribution in [0.5, 0.6) is 0 Å². The van der Waals surface area contributed by atoms with Gasteiger partial charge in [-0.2, -0.15) is 4.98 Å². The van der Waals surface area contributed by atoms with Gasteiger partial charge in [-0.25, -0.2) is 15.8 Å². The molecule has 8 heteroatoms. The first kappa shape index (κ1) is 14.2. The molecule has 0 amide bonds. The van der Waals surface area contributed by atoms with Crippen molar-refractivity contribution in [3.05, 3.63) is 27.0 Å². The summed E-state index contributed by atoms with van der Waals surface area (Å²) >= 11 is 3.27. The van der Waals surface area contributed by atoms with E-state index in [-0.39, 0.29) is 6.04 Å². The number of anilines is 2. The molecule has 4 N–H and O–H groups in total. The maximum absolute atomic E-state index is 5.44. The Hall–Kier alpha value is -1.77. The Morgan fingerprint density at radius 3 is 2.71 bits per heavy atom. The fourth-order valence-electron chi connectivity index (χ4n) is 2.25. The Kier molecular flexibility index (Phi) is 3.75. The van der Waals surface area contributed by atoms with Crippen molar-refractivity contribution < 1.29 is 0 Å². The van der Waals surface area contributed by atoms with Gasteiger partial charge in [0.1, 0.15) is 10.6 Å². The van der Waals surface area contributed by atoms with Gasteiger partial charge in [0.15, 0.2) is 0 Å². The maximum Gasteiger partial charge on any atom is 0.240 e. The second kappa shape index (κ2) is 5.55. The molecule has 0 saturated carbocycles. The number of rotatable bonds is 4. The minimum Gasteiger partial charge on any atom is -0.362 e. The van der Waals surface area contributed by atoms with Gasteiger partial charge in [0.2, 0.25) is 5.95 Å². The third-order valence-corrected chi connectivity index (χ3v) is 5.20. The van der Waals surface area contributed by atoms with Crippen molar-refractivity contribution in [3.8, 4) is 0 Å². The molecule has 0 bridgehead atoms. The van der Waals surface area contributed by atoms with Gasteiger partial charge in [-0.15, -0.1) is 22.7 Å². The largest absolute Gasteiger partial charge is 0.362 e. The van der Waals surface area contributed by atoms with Crippen LogP contribution in [0.15, 0.2) is 11.4 Å². The Morgan fingerprint density at radius 2 is 2.05 bits per heavy atom. The zero-order valence-electron chi connectivity index (χ0n) is 12.0. The van der Waals surface area contributed by atoms with Crippen LogP contribution in [0.4, 0.5) is 11.8 Å². The normalized spacial score (nSPS) is 12.6.